The van der Waals surface area contributed by atoms with Crippen molar-refractivity contribution in [2.75, 3.05) is 6.54 Å². The zero-order valence-corrected chi connectivity index (χ0v) is 14.5. The number of nitrogens with one attached hydrogen (secondary N) is 1. The monoisotopic (exact) mass is 385 g/mol. The van der Waals surface area contributed by atoms with E-state index < -0.39 is 0 Å². The van der Waals surface area contributed by atoms with Crippen LogP contribution in [0.25, 0.3) is 11.5 Å². The Labute approximate surface area is 148 Å². The molecule has 0 bridgehead atoms. The van der Waals surface area contributed by atoms with Gasteiger partial charge in [-0.3, -0.25) is 4.79 Å². The number of carbonyl (C=O) groups is 1. The number of benzene rings is 2. The molecule has 0 unspecified atom stereocenters. The summed E-state index contributed by atoms with van der Waals surface area (Å²) in [7, 11) is 0. The summed E-state index contributed by atoms with van der Waals surface area (Å²) in [6.07, 6.45) is 0.871. The van der Waals surface area contributed by atoms with Gasteiger partial charge in [-0.2, -0.15) is 0 Å². The summed E-state index contributed by atoms with van der Waals surface area (Å²) in [5, 5.41) is 10.8. The highest BCUT2D eigenvalue weighted by Crippen LogP contribution is 2.21. The van der Waals surface area contributed by atoms with E-state index in [1.807, 2.05) is 54.6 Å². The molecule has 0 aliphatic rings. The lowest BCUT2D eigenvalue weighted by Gasteiger charge is -2.03. The van der Waals surface area contributed by atoms with E-state index in [-0.39, 0.29) is 12.3 Å². The Kier molecular flexibility index (Phi) is 5.38. The van der Waals surface area contributed by atoms with Crippen molar-refractivity contribution in [1.82, 2.24) is 15.5 Å². The number of carbonyl (C=O) groups excluding carboxylic acids is 1. The van der Waals surface area contributed by atoms with E-state index in [0.717, 1.165) is 16.5 Å². The molecule has 122 valence electrons. The van der Waals surface area contributed by atoms with Crippen LogP contribution in [0.4, 0.5) is 0 Å². The number of halogens is 1. The predicted molar refractivity (Wildman–Crippen MR) is 94.3 cm³/mol. The quantitative estimate of drug-likeness (QED) is 0.705. The van der Waals surface area contributed by atoms with E-state index in [0.29, 0.717) is 18.3 Å². The van der Waals surface area contributed by atoms with Crippen LogP contribution in [0.15, 0.2) is 63.5 Å². The van der Waals surface area contributed by atoms with E-state index in [9.17, 15) is 4.79 Å². The first-order valence-electron chi connectivity index (χ1n) is 7.59. The van der Waals surface area contributed by atoms with E-state index >= 15 is 0 Å². The second-order valence-electron chi connectivity index (χ2n) is 5.27. The second kappa shape index (κ2) is 7.88. The molecule has 0 aliphatic carbocycles. The summed E-state index contributed by atoms with van der Waals surface area (Å²) in [5.41, 5.74) is 2.00. The maximum absolute atomic E-state index is 12.0. The van der Waals surface area contributed by atoms with Gasteiger partial charge in [-0.05, 0) is 30.2 Å². The maximum Gasteiger partial charge on any atom is 0.247 e. The minimum Gasteiger partial charge on any atom is -0.420 e. The standard InChI is InChI=1S/C18H16BrN3O2/c19-15-8-4-7-14(11-15)18-22-21-17(24-18)12-16(23)20-10-9-13-5-2-1-3-6-13/h1-8,11H,9-10,12H2,(H,20,23). The number of hydrogen-bond donors (Lipinski definition) is 1. The minimum atomic E-state index is -0.129. The lowest BCUT2D eigenvalue weighted by molar-refractivity contribution is -0.120. The summed E-state index contributed by atoms with van der Waals surface area (Å²) in [5.74, 6) is 0.584. The van der Waals surface area contributed by atoms with E-state index in [4.69, 9.17) is 4.42 Å². The predicted octanol–water partition coefficient (Wildman–Crippen LogP) is 3.40. The van der Waals surface area contributed by atoms with Crippen molar-refractivity contribution in [1.29, 1.82) is 0 Å². The van der Waals surface area contributed by atoms with Crippen LogP contribution in [0, 0.1) is 0 Å². The molecular formula is C18H16BrN3O2. The van der Waals surface area contributed by atoms with Crippen LogP contribution in [0.5, 0.6) is 0 Å². The Morgan fingerprint density at radius 3 is 2.71 bits per heavy atom. The smallest absolute Gasteiger partial charge is 0.247 e. The van der Waals surface area contributed by atoms with Gasteiger partial charge in [-0.25, -0.2) is 0 Å². The van der Waals surface area contributed by atoms with E-state index in [1.165, 1.54) is 5.56 Å². The highest BCUT2D eigenvalue weighted by molar-refractivity contribution is 9.10. The van der Waals surface area contributed by atoms with E-state index in [1.54, 1.807) is 0 Å². The number of aromatic nitrogens is 2. The Balaban J connectivity index is 1.52. The van der Waals surface area contributed by atoms with Crippen molar-refractivity contribution >= 4 is 21.8 Å². The topological polar surface area (TPSA) is 68.0 Å². The van der Waals surface area contributed by atoms with Crippen LogP contribution in [0.3, 0.4) is 0 Å². The molecule has 24 heavy (non-hydrogen) atoms. The van der Waals surface area contributed by atoms with Crippen LogP contribution in [0.2, 0.25) is 0 Å². The Morgan fingerprint density at radius 2 is 1.92 bits per heavy atom. The molecule has 6 heteroatoms. The van der Waals surface area contributed by atoms with Gasteiger partial charge in [-0.1, -0.05) is 52.3 Å². The first-order valence-corrected chi connectivity index (χ1v) is 8.39. The van der Waals surface area contributed by atoms with E-state index in [2.05, 4.69) is 31.4 Å². The molecule has 0 fully saturated rings. The molecule has 2 aromatic carbocycles. The van der Waals surface area contributed by atoms with Crippen molar-refractivity contribution in [3.8, 4) is 11.5 Å². The molecule has 3 aromatic rings. The summed E-state index contributed by atoms with van der Waals surface area (Å²) in [4.78, 5) is 12.0. The third-order valence-electron chi connectivity index (χ3n) is 3.43. The van der Waals surface area contributed by atoms with Crippen molar-refractivity contribution in [3.05, 3.63) is 70.5 Å². The SMILES string of the molecule is O=C(Cc1nnc(-c2cccc(Br)c2)o1)NCCc1ccccc1. The lowest BCUT2D eigenvalue weighted by Crippen LogP contribution is -2.27. The van der Waals surface area contributed by atoms with Gasteiger partial charge in [-0.15, -0.1) is 10.2 Å². The molecule has 0 atom stereocenters. The highest BCUT2D eigenvalue weighted by atomic mass is 79.9. The normalized spacial score (nSPS) is 10.5. The molecule has 1 amide bonds. The van der Waals surface area contributed by atoms with Gasteiger partial charge in [0.2, 0.25) is 17.7 Å². The van der Waals surface area contributed by atoms with Crippen LogP contribution < -0.4 is 5.32 Å². The fourth-order valence-electron chi connectivity index (χ4n) is 2.25. The molecule has 1 aromatic heterocycles. The number of rotatable bonds is 6. The van der Waals surface area contributed by atoms with Crippen LogP contribution in [0.1, 0.15) is 11.5 Å². The van der Waals surface area contributed by atoms with Gasteiger partial charge >= 0.3 is 0 Å². The summed E-state index contributed by atoms with van der Waals surface area (Å²) >= 11 is 3.40. The largest absolute Gasteiger partial charge is 0.420 e. The van der Waals surface area contributed by atoms with Crippen LogP contribution in [-0.4, -0.2) is 22.6 Å². The van der Waals surface area contributed by atoms with Crippen LogP contribution >= 0.6 is 15.9 Å². The third kappa shape index (κ3) is 4.52. The van der Waals surface area contributed by atoms with Crippen molar-refractivity contribution in [2.45, 2.75) is 12.8 Å². The Bertz CT molecular complexity index is 818. The molecule has 5 nitrogen and oxygen atoms in total. The molecule has 1 heterocycles. The fourth-order valence-corrected chi connectivity index (χ4v) is 2.65. The van der Waals surface area contributed by atoms with Gasteiger partial charge in [0.1, 0.15) is 6.42 Å². The summed E-state index contributed by atoms with van der Waals surface area (Å²) in [6, 6.07) is 17.6. The lowest BCUT2D eigenvalue weighted by atomic mass is 10.1. The van der Waals surface area contributed by atoms with Gasteiger partial charge < -0.3 is 9.73 Å². The highest BCUT2D eigenvalue weighted by Gasteiger charge is 2.12. The summed E-state index contributed by atoms with van der Waals surface area (Å²) < 4.78 is 6.49. The molecule has 0 radical (unpaired) electrons. The minimum absolute atomic E-state index is 0.0792. The van der Waals surface area contributed by atoms with Gasteiger partial charge in [0.15, 0.2) is 0 Å². The molecule has 3 rings (SSSR count). The third-order valence-corrected chi connectivity index (χ3v) is 3.92. The average molecular weight is 386 g/mol. The van der Waals surface area contributed by atoms with Crippen LogP contribution in [-0.2, 0) is 17.6 Å². The van der Waals surface area contributed by atoms with Crippen molar-refractivity contribution < 1.29 is 9.21 Å². The van der Waals surface area contributed by atoms with Gasteiger partial charge in [0, 0.05) is 16.6 Å². The molecule has 1 N–H and O–H groups in total. The molecular weight excluding hydrogens is 370 g/mol. The molecule has 0 saturated heterocycles. The van der Waals surface area contributed by atoms with Crippen molar-refractivity contribution in [3.63, 3.8) is 0 Å². The fraction of sp³-hybridized carbons (Fsp3) is 0.167. The molecule has 0 spiro atoms. The van der Waals surface area contributed by atoms with Gasteiger partial charge in [0.05, 0.1) is 0 Å². The van der Waals surface area contributed by atoms with Crippen molar-refractivity contribution in [2.24, 2.45) is 0 Å². The number of nitrogens with zero attached hydrogens (tertiary/aromatic N) is 2. The Hall–Kier alpha value is -2.47. The molecule has 0 aliphatic heterocycles. The number of hydrogen-bond acceptors (Lipinski definition) is 4. The first kappa shape index (κ1) is 16.4. The average Bonchev–Trinajstić information content (AvgIpc) is 3.04. The zero-order valence-electron chi connectivity index (χ0n) is 12.9. The maximum atomic E-state index is 12.0. The second-order valence-corrected chi connectivity index (χ2v) is 6.19. The Morgan fingerprint density at radius 1 is 1.08 bits per heavy atom. The molecule has 0 saturated carbocycles. The zero-order chi connectivity index (χ0) is 16.8. The summed E-state index contributed by atoms with van der Waals surface area (Å²) in [6.45, 7) is 0.579. The van der Waals surface area contributed by atoms with Gasteiger partial charge in [0.25, 0.3) is 0 Å². The first-order chi connectivity index (χ1) is 11.7. The number of amides is 1.